The lowest BCUT2D eigenvalue weighted by Gasteiger charge is -2.27. The second kappa shape index (κ2) is 8.33. The third kappa shape index (κ3) is 3.77. The van der Waals surface area contributed by atoms with Crippen molar-refractivity contribution in [2.24, 2.45) is 0 Å². The average Bonchev–Trinajstić information content (AvgIpc) is 3.21. The van der Waals surface area contributed by atoms with E-state index in [-0.39, 0.29) is 12.1 Å². The first-order valence-corrected chi connectivity index (χ1v) is 10.5. The quantitative estimate of drug-likeness (QED) is 0.619. The van der Waals surface area contributed by atoms with Crippen LogP contribution < -0.4 is 5.32 Å². The zero-order valence-corrected chi connectivity index (χ0v) is 18.0. The highest BCUT2D eigenvalue weighted by Gasteiger charge is 2.40. The maximum absolute atomic E-state index is 5.72. The molecule has 1 saturated heterocycles. The van der Waals surface area contributed by atoms with Gasteiger partial charge >= 0.3 is 0 Å². The lowest BCUT2D eigenvalue weighted by molar-refractivity contribution is 0.316. The highest BCUT2D eigenvalue weighted by Crippen LogP contribution is 2.40. The molecule has 0 radical (unpaired) electrons. The molecular formula is C23H27N5S. The Morgan fingerprint density at radius 3 is 2.59 bits per heavy atom. The van der Waals surface area contributed by atoms with Crippen LogP contribution in [0.15, 0.2) is 55.0 Å². The zero-order chi connectivity index (χ0) is 20.4. The van der Waals surface area contributed by atoms with Gasteiger partial charge in [0, 0.05) is 43.1 Å². The van der Waals surface area contributed by atoms with E-state index in [0.717, 1.165) is 30.3 Å². The van der Waals surface area contributed by atoms with E-state index < -0.39 is 0 Å². The van der Waals surface area contributed by atoms with Crippen LogP contribution in [-0.2, 0) is 6.54 Å². The number of nitrogens with zero attached hydrogens (tertiary/aromatic N) is 4. The number of aromatic nitrogens is 3. The van der Waals surface area contributed by atoms with Crippen molar-refractivity contribution >= 4 is 17.3 Å². The van der Waals surface area contributed by atoms with Gasteiger partial charge in [-0.3, -0.25) is 9.97 Å². The van der Waals surface area contributed by atoms with Crippen molar-refractivity contribution in [3.05, 3.63) is 83.2 Å². The highest BCUT2D eigenvalue weighted by atomic mass is 32.1. The van der Waals surface area contributed by atoms with Crippen LogP contribution in [0.2, 0.25) is 0 Å². The maximum atomic E-state index is 5.72. The molecule has 0 aliphatic carbocycles. The molecule has 29 heavy (non-hydrogen) atoms. The van der Waals surface area contributed by atoms with Crippen molar-refractivity contribution < 1.29 is 0 Å². The molecule has 4 rings (SSSR count). The van der Waals surface area contributed by atoms with E-state index in [0.29, 0.717) is 0 Å². The van der Waals surface area contributed by atoms with Crippen LogP contribution in [0.1, 0.15) is 53.6 Å². The number of aryl methyl sites for hydroxylation is 1. The Balaban J connectivity index is 1.75. The van der Waals surface area contributed by atoms with Gasteiger partial charge in [0.25, 0.3) is 0 Å². The van der Waals surface area contributed by atoms with Crippen LogP contribution in [0.3, 0.4) is 0 Å². The molecule has 5 nitrogen and oxygen atoms in total. The monoisotopic (exact) mass is 405 g/mol. The van der Waals surface area contributed by atoms with Gasteiger partial charge in [0.05, 0.1) is 17.8 Å². The average molecular weight is 406 g/mol. The van der Waals surface area contributed by atoms with Crippen molar-refractivity contribution in [1.29, 1.82) is 0 Å². The molecule has 150 valence electrons. The Hall–Kier alpha value is -2.73. The number of pyridine rings is 2. The second-order valence-corrected chi connectivity index (χ2v) is 7.97. The standard InChI is InChI=1S/C23H27N5S/c1-4-13-27-22(21(26-23(27)29)20-7-5-6-10-25-20)19-14-16(2)28(17(19)3)15-18-8-11-24-12-9-18/h5-12,14,21-22H,4,13,15H2,1-3H3,(H,26,29)/t21-,22+/m0/s1. The summed E-state index contributed by atoms with van der Waals surface area (Å²) < 4.78 is 2.38. The van der Waals surface area contributed by atoms with E-state index in [1.54, 1.807) is 0 Å². The summed E-state index contributed by atoms with van der Waals surface area (Å²) in [6.45, 7) is 8.35. The molecule has 3 aromatic heterocycles. The van der Waals surface area contributed by atoms with Gasteiger partial charge in [-0.1, -0.05) is 13.0 Å². The van der Waals surface area contributed by atoms with E-state index in [2.05, 4.69) is 69.8 Å². The number of hydrogen-bond acceptors (Lipinski definition) is 3. The normalized spacial score (nSPS) is 18.9. The van der Waals surface area contributed by atoms with Crippen molar-refractivity contribution in [2.75, 3.05) is 6.54 Å². The molecule has 4 heterocycles. The molecule has 2 atom stereocenters. The Morgan fingerprint density at radius 2 is 1.90 bits per heavy atom. The first kappa shape index (κ1) is 19.6. The molecule has 1 aliphatic heterocycles. The second-order valence-electron chi connectivity index (χ2n) is 7.59. The number of nitrogens with one attached hydrogen (secondary N) is 1. The predicted molar refractivity (Wildman–Crippen MR) is 120 cm³/mol. The van der Waals surface area contributed by atoms with Crippen LogP contribution in [0.5, 0.6) is 0 Å². The Labute approximate surface area is 177 Å². The van der Waals surface area contributed by atoms with Crippen molar-refractivity contribution in [3.63, 3.8) is 0 Å². The summed E-state index contributed by atoms with van der Waals surface area (Å²) in [5.41, 5.74) is 6.12. The van der Waals surface area contributed by atoms with E-state index in [1.807, 2.05) is 30.7 Å². The molecule has 6 heteroatoms. The minimum absolute atomic E-state index is 0.0464. The van der Waals surface area contributed by atoms with Crippen LogP contribution >= 0.6 is 12.2 Å². The Morgan fingerprint density at radius 1 is 1.10 bits per heavy atom. The molecule has 0 saturated carbocycles. The molecule has 1 aliphatic rings. The van der Waals surface area contributed by atoms with Gasteiger partial charge in [-0.25, -0.2) is 0 Å². The van der Waals surface area contributed by atoms with Crippen molar-refractivity contribution in [2.45, 2.75) is 45.8 Å². The smallest absolute Gasteiger partial charge is 0.170 e. The minimum atomic E-state index is 0.0464. The third-order valence-corrected chi connectivity index (χ3v) is 6.04. The number of hydrogen-bond donors (Lipinski definition) is 1. The molecular weight excluding hydrogens is 378 g/mol. The van der Waals surface area contributed by atoms with Crippen LogP contribution in [-0.4, -0.2) is 31.1 Å². The molecule has 0 bridgehead atoms. The van der Waals surface area contributed by atoms with Gasteiger partial charge in [0.1, 0.15) is 0 Å². The van der Waals surface area contributed by atoms with Crippen LogP contribution in [0.25, 0.3) is 0 Å². The Bertz CT molecular complexity index is 983. The zero-order valence-electron chi connectivity index (χ0n) is 17.2. The van der Waals surface area contributed by atoms with Gasteiger partial charge in [-0.2, -0.15) is 0 Å². The topological polar surface area (TPSA) is 46.0 Å². The van der Waals surface area contributed by atoms with Crippen molar-refractivity contribution in [1.82, 2.24) is 24.8 Å². The fraction of sp³-hybridized carbons (Fsp3) is 0.348. The molecule has 0 amide bonds. The summed E-state index contributed by atoms with van der Waals surface area (Å²) in [5, 5.41) is 4.35. The fourth-order valence-corrected chi connectivity index (χ4v) is 4.60. The molecule has 1 N–H and O–H groups in total. The van der Waals surface area contributed by atoms with E-state index in [4.69, 9.17) is 12.2 Å². The number of thiocarbonyl (C=S) groups is 1. The predicted octanol–water partition coefficient (Wildman–Crippen LogP) is 4.33. The van der Waals surface area contributed by atoms with Gasteiger partial charge < -0.3 is 14.8 Å². The lowest BCUT2D eigenvalue weighted by Crippen LogP contribution is -2.30. The lowest BCUT2D eigenvalue weighted by atomic mass is 9.96. The summed E-state index contributed by atoms with van der Waals surface area (Å²) in [6.07, 6.45) is 6.60. The first-order valence-electron chi connectivity index (χ1n) is 10.1. The summed E-state index contributed by atoms with van der Waals surface area (Å²) in [4.78, 5) is 11.1. The van der Waals surface area contributed by atoms with E-state index in [1.165, 1.54) is 22.5 Å². The third-order valence-electron chi connectivity index (χ3n) is 5.68. The van der Waals surface area contributed by atoms with Gasteiger partial charge in [0.15, 0.2) is 5.11 Å². The highest BCUT2D eigenvalue weighted by molar-refractivity contribution is 7.80. The fourth-order valence-electron chi connectivity index (χ4n) is 4.27. The summed E-state index contributed by atoms with van der Waals surface area (Å²) in [6, 6.07) is 12.7. The number of rotatable bonds is 6. The molecule has 0 unspecified atom stereocenters. The first-order chi connectivity index (χ1) is 14.1. The molecule has 0 spiro atoms. The van der Waals surface area contributed by atoms with Gasteiger partial charge in [-0.05, 0) is 73.9 Å². The van der Waals surface area contributed by atoms with Crippen LogP contribution in [0, 0.1) is 13.8 Å². The minimum Gasteiger partial charge on any atom is -0.352 e. The van der Waals surface area contributed by atoms with E-state index in [9.17, 15) is 0 Å². The Kier molecular flexibility index (Phi) is 5.62. The summed E-state index contributed by atoms with van der Waals surface area (Å²) in [7, 11) is 0. The van der Waals surface area contributed by atoms with Gasteiger partial charge in [-0.15, -0.1) is 0 Å². The van der Waals surface area contributed by atoms with Crippen molar-refractivity contribution in [3.8, 4) is 0 Å². The SMILES string of the molecule is CCCN1C(=S)N[C@@H](c2ccccn2)[C@H]1c1cc(C)n(Cc2ccncc2)c1C. The van der Waals surface area contributed by atoms with Gasteiger partial charge in [0.2, 0.25) is 0 Å². The van der Waals surface area contributed by atoms with E-state index >= 15 is 0 Å². The maximum Gasteiger partial charge on any atom is 0.170 e. The molecule has 0 aromatic carbocycles. The largest absolute Gasteiger partial charge is 0.352 e. The van der Waals surface area contributed by atoms with Crippen LogP contribution in [0.4, 0.5) is 0 Å². The summed E-state index contributed by atoms with van der Waals surface area (Å²) >= 11 is 5.72. The summed E-state index contributed by atoms with van der Waals surface area (Å²) in [5.74, 6) is 0. The molecule has 3 aromatic rings. The molecule has 1 fully saturated rings.